The fourth-order valence-electron chi connectivity index (χ4n) is 2.69. The standard InChI is InChI=1S/C16H20N2O2/c1-11(19)12-2-5-15-13(10-12)6-8-18(15)9-7-16(20)17-14-3-4-14/h2,5,10,14H,3-4,6-9H2,1H3,(H,17,20). The van der Waals surface area contributed by atoms with Crippen LogP contribution in [-0.2, 0) is 11.2 Å². The third kappa shape index (κ3) is 2.84. The van der Waals surface area contributed by atoms with Crippen molar-refractivity contribution in [2.45, 2.75) is 38.6 Å². The number of carbonyl (C=O) groups excluding carboxylic acids is 2. The second-order valence-corrected chi connectivity index (χ2v) is 5.73. The van der Waals surface area contributed by atoms with E-state index in [1.807, 2.05) is 18.2 Å². The number of amides is 1. The fraction of sp³-hybridized carbons (Fsp3) is 0.500. The molecule has 0 aromatic heterocycles. The molecule has 1 amide bonds. The van der Waals surface area contributed by atoms with E-state index < -0.39 is 0 Å². The fourth-order valence-corrected chi connectivity index (χ4v) is 2.69. The first-order chi connectivity index (χ1) is 9.63. The molecule has 0 saturated heterocycles. The highest BCUT2D eigenvalue weighted by Crippen LogP contribution is 2.29. The molecule has 1 aliphatic heterocycles. The van der Waals surface area contributed by atoms with E-state index in [9.17, 15) is 9.59 Å². The summed E-state index contributed by atoms with van der Waals surface area (Å²) in [5, 5.41) is 3.02. The molecule has 4 heteroatoms. The van der Waals surface area contributed by atoms with Crippen LogP contribution in [0.4, 0.5) is 5.69 Å². The smallest absolute Gasteiger partial charge is 0.221 e. The maximum atomic E-state index is 11.7. The number of anilines is 1. The summed E-state index contributed by atoms with van der Waals surface area (Å²) >= 11 is 0. The van der Waals surface area contributed by atoms with E-state index in [4.69, 9.17) is 0 Å². The highest BCUT2D eigenvalue weighted by molar-refractivity contribution is 5.95. The first-order valence-electron chi connectivity index (χ1n) is 7.31. The van der Waals surface area contributed by atoms with Gasteiger partial charge in [-0.25, -0.2) is 0 Å². The van der Waals surface area contributed by atoms with Crippen LogP contribution >= 0.6 is 0 Å². The minimum absolute atomic E-state index is 0.107. The molecule has 3 rings (SSSR count). The lowest BCUT2D eigenvalue weighted by atomic mass is 10.1. The Hall–Kier alpha value is -1.84. The monoisotopic (exact) mass is 272 g/mol. The second kappa shape index (κ2) is 5.27. The van der Waals surface area contributed by atoms with Gasteiger partial charge < -0.3 is 10.2 Å². The van der Waals surface area contributed by atoms with E-state index in [2.05, 4.69) is 10.2 Å². The molecule has 0 unspecified atom stereocenters. The lowest BCUT2D eigenvalue weighted by Crippen LogP contribution is -2.31. The van der Waals surface area contributed by atoms with Gasteiger partial charge in [-0.1, -0.05) is 0 Å². The van der Waals surface area contributed by atoms with E-state index >= 15 is 0 Å². The van der Waals surface area contributed by atoms with Crippen molar-refractivity contribution in [3.8, 4) is 0 Å². The quantitative estimate of drug-likeness (QED) is 0.833. The average molecular weight is 272 g/mol. The summed E-state index contributed by atoms with van der Waals surface area (Å²) in [6.07, 6.45) is 3.77. The minimum Gasteiger partial charge on any atom is -0.370 e. The first kappa shape index (κ1) is 13.2. The zero-order valence-corrected chi connectivity index (χ0v) is 11.8. The summed E-state index contributed by atoms with van der Waals surface area (Å²) in [5.74, 6) is 0.261. The minimum atomic E-state index is 0.107. The number of nitrogens with one attached hydrogen (secondary N) is 1. The molecule has 0 atom stereocenters. The SMILES string of the molecule is CC(=O)c1ccc2c(c1)CCN2CCC(=O)NC1CC1. The van der Waals surface area contributed by atoms with Crippen LogP contribution in [0.1, 0.15) is 42.1 Å². The maximum Gasteiger partial charge on any atom is 0.221 e. The van der Waals surface area contributed by atoms with Gasteiger partial charge in [0.1, 0.15) is 0 Å². The number of nitrogens with zero attached hydrogens (tertiary/aromatic N) is 1. The molecule has 1 fully saturated rings. The lowest BCUT2D eigenvalue weighted by molar-refractivity contribution is -0.121. The average Bonchev–Trinajstić information content (AvgIpc) is 3.14. The Morgan fingerprint density at radius 1 is 1.35 bits per heavy atom. The molecule has 2 aliphatic rings. The van der Waals surface area contributed by atoms with Crippen molar-refractivity contribution in [3.05, 3.63) is 29.3 Å². The van der Waals surface area contributed by atoms with Crippen molar-refractivity contribution >= 4 is 17.4 Å². The molecule has 1 aliphatic carbocycles. The molecular formula is C16H20N2O2. The Morgan fingerprint density at radius 2 is 2.15 bits per heavy atom. The molecule has 1 aromatic rings. The van der Waals surface area contributed by atoms with E-state index in [1.54, 1.807) is 6.92 Å². The van der Waals surface area contributed by atoms with Gasteiger partial charge in [-0.2, -0.15) is 0 Å². The molecule has 1 N–H and O–H groups in total. The Labute approximate surface area is 119 Å². The zero-order valence-electron chi connectivity index (χ0n) is 11.8. The van der Waals surface area contributed by atoms with Crippen LogP contribution in [0.5, 0.6) is 0 Å². The molecule has 4 nitrogen and oxygen atoms in total. The van der Waals surface area contributed by atoms with Crippen molar-refractivity contribution in [2.24, 2.45) is 0 Å². The Morgan fingerprint density at radius 3 is 2.85 bits per heavy atom. The highest BCUT2D eigenvalue weighted by Gasteiger charge is 2.24. The molecule has 20 heavy (non-hydrogen) atoms. The summed E-state index contributed by atoms with van der Waals surface area (Å²) in [5.41, 5.74) is 3.17. The number of benzene rings is 1. The number of fused-ring (bicyclic) bond motifs is 1. The Bertz CT molecular complexity index is 549. The Kier molecular flexibility index (Phi) is 3.47. The van der Waals surface area contributed by atoms with Crippen LogP contribution in [0.3, 0.4) is 0 Å². The predicted octanol–water partition coefficient (Wildman–Crippen LogP) is 1.92. The molecule has 0 bridgehead atoms. The summed E-state index contributed by atoms with van der Waals surface area (Å²) in [4.78, 5) is 25.3. The topological polar surface area (TPSA) is 49.4 Å². The van der Waals surface area contributed by atoms with Gasteiger partial charge in [0.15, 0.2) is 5.78 Å². The lowest BCUT2D eigenvalue weighted by Gasteiger charge is -2.19. The van der Waals surface area contributed by atoms with Crippen molar-refractivity contribution in [2.75, 3.05) is 18.0 Å². The van der Waals surface area contributed by atoms with Gasteiger partial charge in [0.25, 0.3) is 0 Å². The molecule has 0 radical (unpaired) electrons. The van der Waals surface area contributed by atoms with Crippen molar-refractivity contribution in [3.63, 3.8) is 0 Å². The van der Waals surface area contributed by atoms with Crippen molar-refractivity contribution in [1.29, 1.82) is 0 Å². The summed E-state index contributed by atoms with van der Waals surface area (Å²) in [6, 6.07) is 6.32. The second-order valence-electron chi connectivity index (χ2n) is 5.73. The van der Waals surface area contributed by atoms with Crippen LogP contribution in [0.2, 0.25) is 0 Å². The number of Topliss-reactive ketones (excluding diaryl/α,β-unsaturated/α-hetero) is 1. The number of hydrogen-bond donors (Lipinski definition) is 1. The van der Waals surface area contributed by atoms with Gasteiger partial charge in [0.05, 0.1) is 0 Å². The van der Waals surface area contributed by atoms with Crippen LogP contribution in [0.15, 0.2) is 18.2 Å². The van der Waals surface area contributed by atoms with E-state index in [-0.39, 0.29) is 11.7 Å². The third-order valence-electron chi connectivity index (χ3n) is 4.03. The van der Waals surface area contributed by atoms with Crippen molar-refractivity contribution in [1.82, 2.24) is 5.32 Å². The van der Waals surface area contributed by atoms with Crippen LogP contribution in [0, 0.1) is 0 Å². The highest BCUT2D eigenvalue weighted by atomic mass is 16.1. The summed E-state index contributed by atoms with van der Waals surface area (Å²) < 4.78 is 0. The molecule has 1 heterocycles. The summed E-state index contributed by atoms with van der Waals surface area (Å²) in [6.45, 7) is 3.29. The predicted molar refractivity (Wildman–Crippen MR) is 78.1 cm³/mol. The van der Waals surface area contributed by atoms with E-state index in [1.165, 1.54) is 11.3 Å². The van der Waals surface area contributed by atoms with Gasteiger partial charge in [-0.3, -0.25) is 9.59 Å². The van der Waals surface area contributed by atoms with E-state index in [0.29, 0.717) is 12.5 Å². The third-order valence-corrected chi connectivity index (χ3v) is 4.03. The largest absolute Gasteiger partial charge is 0.370 e. The van der Waals surface area contributed by atoms with Gasteiger partial charge in [-0.15, -0.1) is 0 Å². The number of rotatable bonds is 5. The zero-order chi connectivity index (χ0) is 14.1. The van der Waals surface area contributed by atoms with E-state index in [0.717, 1.165) is 37.9 Å². The molecule has 1 saturated carbocycles. The van der Waals surface area contributed by atoms with Crippen LogP contribution < -0.4 is 10.2 Å². The van der Waals surface area contributed by atoms with Gasteiger partial charge >= 0.3 is 0 Å². The van der Waals surface area contributed by atoms with Crippen LogP contribution in [-0.4, -0.2) is 30.8 Å². The normalized spacial score (nSPS) is 16.9. The number of ketones is 1. The maximum absolute atomic E-state index is 11.7. The Balaban J connectivity index is 1.60. The first-order valence-corrected chi connectivity index (χ1v) is 7.31. The van der Waals surface area contributed by atoms with Gasteiger partial charge in [0, 0.05) is 36.8 Å². The molecule has 1 aromatic carbocycles. The summed E-state index contributed by atoms with van der Waals surface area (Å²) in [7, 11) is 0. The molecular weight excluding hydrogens is 252 g/mol. The number of hydrogen-bond acceptors (Lipinski definition) is 3. The van der Waals surface area contributed by atoms with Gasteiger partial charge in [-0.05, 0) is 49.9 Å². The van der Waals surface area contributed by atoms with Gasteiger partial charge in [0.2, 0.25) is 5.91 Å². The van der Waals surface area contributed by atoms with Crippen molar-refractivity contribution < 1.29 is 9.59 Å². The number of carbonyl (C=O) groups is 2. The van der Waals surface area contributed by atoms with Crippen LogP contribution in [0.25, 0.3) is 0 Å². The molecule has 0 spiro atoms. The molecule has 106 valence electrons.